The quantitative estimate of drug-likeness (QED) is 0.311. The second-order valence-electron chi connectivity index (χ2n) is 7.89. The molecule has 28 heavy (non-hydrogen) atoms. The fourth-order valence-electron chi connectivity index (χ4n) is 4.91. The first-order valence-electron chi connectivity index (χ1n) is 9.77. The van der Waals surface area contributed by atoms with Crippen LogP contribution in [0.1, 0.15) is 11.1 Å². The van der Waals surface area contributed by atoms with E-state index in [1.165, 1.54) is 65.4 Å². The van der Waals surface area contributed by atoms with Crippen molar-refractivity contribution in [2.45, 2.75) is 0 Å². The Morgan fingerprint density at radius 3 is 1.29 bits per heavy atom. The molecule has 0 N–H and O–H groups in total. The first-order chi connectivity index (χ1) is 13.8. The van der Waals surface area contributed by atoms with Gasteiger partial charge in [0.1, 0.15) is 0 Å². The maximum absolute atomic E-state index is 2.36. The lowest BCUT2D eigenvalue weighted by Gasteiger charge is -2.07. The molecule has 5 aromatic carbocycles. The van der Waals surface area contributed by atoms with E-state index < -0.39 is 0 Å². The van der Waals surface area contributed by atoms with E-state index in [4.69, 9.17) is 0 Å². The first kappa shape index (κ1) is 14.4. The Kier molecular flexibility index (Phi) is 2.57. The lowest BCUT2D eigenvalue weighted by molar-refractivity contribution is 1.63. The Bertz CT molecular complexity index is 1480. The van der Waals surface area contributed by atoms with Crippen molar-refractivity contribution < 1.29 is 0 Å². The van der Waals surface area contributed by atoms with E-state index in [1.807, 2.05) is 0 Å². The van der Waals surface area contributed by atoms with Gasteiger partial charge < -0.3 is 0 Å². The van der Waals surface area contributed by atoms with Gasteiger partial charge in [0.15, 0.2) is 0 Å². The lowest BCUT2D eigenvalue weighted by atomic mass is 9.96. The van der Waals surface area contributed by atoms with Crippen molar-refractivity contribution in [1.29, 1.82) is 0 Å². The average molecular weight is 352 g/mol. The Hall–Kier alpha value is -3.64. The summed E-state index contributed by atoms with van der Waals surface area (Å²) in [6, 6.07) is 31.5. The van der Waals surface area contributed by atoms with Gasteiger partial charge in [0.2, 0.25) is 0 Å². The molecule has 2 aliphatic rings. The predicted molar refractivity (Wildman–Crippen MR) is 119 cm³/mol. The van der Waals surface area contributed by atoms with Crippen LogP contribution < -0.4 is 10.4 Å². The van der Waals surface area contributed by atoms with Gasteiger partial charge in [-0.1, -0.05) is 48.5 Å². The third-order valence-corrected chi connectivity index (χ3v) is 6.26. The molecule has 2 aliphatic carbocycles. The summed E-state index contributed by atoms with van der Waals surface area (Å²) >= 11 is 0. The third-order valence-electron chi connectivity index (χ3n) is 6.26. The molecule has 0 saturated carbocycles. The van der Waals surface area contributed by atoms with E-state index in [0.29, 0.717) is 0 Å². The van der Waals surface area contributed by atoms with Crippen molar-refractivity contribution in [2.24, 2.45) is 0 Å². The topological polar surface area (TPSA) is 0 Å². The second-order valence-corrected chi connectivity index (χ2v) is 7.89. The van der Waals surface area contributed by atoms with E-state index in [-0.39, 0.29) is 0 Å². The van der Waals surface area contributed by atoms with Crippen molar-refractivity contribution in [3.8, 4) is 22.3 Å². The number of hydrogen-bond acceptors (Lipinski definition) is 0. The summed E-state index contributed by atoms with van der Waals surface area (Å²) in [5, 5.41) is 7.90. The monoisotopic (exact) mass is 352 g/mol. The molecule has 0 nitrogen and oxygen atoms in total. The molecule has 0 aliphatic heterocycles. The van der Waals surface area contributed by atoms with E-state index >= 15 is 0 Å². The van der Waals surface area contributed by atoms with Crippen LogP contribution >= 0.6 is 0 Å². The minimum Gasteiger partial charge on any atom is -0.0616 e. The van der Waals surface area contributed by atoms with E-state index in [2.05, 4.69) is 97.1 Å². The molecule has 0 fully saturated rings. The normalized spacial score (nSPS) is 12.9. The minimum absolute atomic E-state index is 1.31. The van der Waals surface area contributed by atoms with Crippen molar-refractivity contribution in [1.82, 2.24) is 0 Å². The fraction of sp³-hybridized carbons (Fsp3) is 0. The van der Waals surface area contributed by atoms with E-state index in [0.717, 1.165) is 0 Å². The Balaban J connectivity index is 1.53. The summed E-state index contributed by atoms with van der Waals surface area (Å²) in [4.78, 5) is 0. The maximum atomic E-state index is 2.36. The van der Waals surface area contributed by atoms with Crippen LogP contribution in [0.5, 0.6) is 0 Å². The molecule has 0 aromatic heterocycles. The summed E-state index contributed by atoms with van der Waals surface area (Å²) in [5.74, 6) is 0. The van der Waals surface area contributed by atoms with E-state index in [9.17, 15) is 0 Å². The number of fused-ring (bicyclic) bond motifs is 8. The first-order valence-corrected chi connectivity index (χ1v) is 9.77. The standard InChI is InChI=1S/C28H16/c1-3-7-25-17(5-1)9-23-13-19-11-22-16-28-24(10-18-6-2-4-8-26(18)28)14-20(22)12-21(19)15-27(23)25/h1-16H. The van der Waals surface area contributed by atoms with Crippen molar-refractivity contribution in [2.75, 3.05) is 0 Å². The summed E-state index contributed by atoms with van der Waals surface area (Å²) in [5.41, 5.74) is 8.03. The summed E-state index contributed by atoms with van der Waals surface area (Å²) in [7, 11) is 0. The van der Waals surface area contributed by atoms with Crippen LogP contribution in [0.15, 0.2) is 84.9 Å². The molecular weight excluding hydrogens is 336 g/mol. The molecule has 0 saturated heterocycles. The van der Waals surface area contributed by atoms with Crippen molar-refractivity contribution >= 4 is 33.7 Å². The minimum atomic E-state index is 1.31. The molecule has 7 rings (SSSR count). The van der Waals surface area contributed by atoms with E-state index in [1.54, 1.807) is 0 Å². The molecule has 0 spiro atoms. The van der Waals surface area contributed by atoms with Crippen LogP contribution in [0.2, 0.25) is 0 Å². The largest absolute Gasteiger partial charge is 0.0616 e. The van der Waals surface area contributed by atoms with Crippen molar-refractivity contribution in [3.05, 3.63) is 106 Å². The van der Waals surface area contributed by atoms with Crippen LogP contribution in [-0.4, -0.2) is 0 Å². The van der Waals surface area contributed by atoms with Gasteiger partial charge in [-0.2, -0.15) is 0 Å². The average Bonchev–Trinajstić information content (AvgIpc) is 3.26. The lowest BCUT2D eigenvalue weighted by Crippen LogP contribution is -2.01. The fourth-order valence-corrected chi connectivity index (χ4v) is 4.91. The highest BCUT2D eigenvalue weighted by molar-refractivity contribution is 6.03. The number of benzene rings is 5. The van der Waals surface area contributed by atoms with Crippen LogP contribution in [0.25, 0.3) is 56.0 Å². The smallest absolute Gasteiger partial charge is 0.00988 e. The number of rotatable bonds is 0. The third kappa shape index (κ3) is 1.84. The van der Waals surface area contributed by atoms with Crippen LogP contribution in [0.4, 0.5) is 0 Å². The Morgan fingerprint density at radius 1 is 0.357 bits per heavy atom. The van der Waals surface area contributed by atoms with Gasteiger partial charge >= 0.3 is 0 Å². The Morgan fingerprint density at radius 2 is 0.786 bits per heavy atom. The van der Waals surface area contributed by atoms with Crippen molar-refractivity contribution in [3.63, 3.8) is 0 Å². The number of hydrogen-bond donors (Lipinski definition) is 0. The molecule has 128 valence electrons. The predicted octanol–water partition coefficient (Wildman–Crippen LogP) is 5.61. The molecule has 0 heteroatoms. The van der Waals surface area contributed by atoms with Crippen LogP contribution in [-0.2, 0) is 0 Å². The molecule has 0 heterocycles. The molecule has 0 radical (unpaired) electrons. The second kappa shape index (κ2) is 4.99. The summed E-state index contributed by atoms with van der Waals surface area (Å²) in [6.07, 6.45) is 4.62. The van der Waals surface area contributed by atoms with Gasteiger partial charge in [0.05, 0.1) is 0 Å². The highest BCUT2D eigenvalue weighted by atomic mass is 14.2. The van der Waals surface area contributed by atoms with Gasteiger partial charge in [-0.05, 0) is 114 Å². The molecular formula is C28H16. The molecule has 0 bridgehead atoms. The van der Waals surface area contributed by atoms with Crippen LogP contribution in [0.3, 0.4) is 0 Å². The maximum Gasteiger partial charge on any atom is -0.00988 e. The zero-order valence-electron chi connectivity index (χ0n) is 15.2. The van der Waals surface area contributed by atoms with Gasteiger partial charge in [0, 0.05) is 0 Å². The van der Waals surface area contributed by atoms with Gasteiger partial charge in [-0.15, -0.1) is 0 Å². The summed E-state index contributed by atoms with van der Waals surface area (Å²) in [6.45, 7) is 0. The van der Waals surface area contributed by atoms with Gasteiger partial charge in [-0.25, -0.2) is 0 Å². The van der Waals surface area contributed by atoms with Gasteiger partial charge in [-0.3, -0.25) is 0 Å². The molecule has 0 atom stereocenters. The highest BCUT2D eigenvalue weighted by Crippen LogP contribution is 2.33. The van der Waals surface area contributed by atoms with Gasteiger partial charge in [0.25, 0.3) is 0 Å². The SMILES string of the molecule is C1=c2cc3cc4cc5c(cc4cc3cc2-c2ccccc21)=Cc1ccccc1-5. The summed E-state index contributed by atoms with van der Waals surface area (Å²) < 4.78 is 0. The Labute approximate surface area is 162 Å². The highest BCUT2D eigenvalue weighted by Gasteiger charge is 2.14. The zero-order valence-corrected chi connectivity index (χ0v) is 15.2. The van der Waals surface area contributed by atoms with Crippen LogP contribution in [0, 0.1) is 0 Å². The molecule has 0 unspecified atom stereocenters. The molecule has 5 aromatic rings. The molecule has 0 amide bonds. The zero-order chi connectivity index (χ0) is 18.2.